The number of carbonyl (C=O) groups is 2. The van der Waals surface area contributed by atoms with E-state index in [1.807, 2.05) is 24.5 Å². The normalized spacial score (nSPS) is 10.6. The first-order valence-corrected chi connectivity index (χ1v) is 9.48. The molecule has 7 nitrogen and oxygen atoms in total. The van der Waals surface area contributed by atoms with Gasteiger partial charge >= 0.3 is 5.97 Å². The number of nitrogens with one attached hydrogen (secondary N) is 1. The smallest absolute Gasteiger partial charge is 0.338 e. The first-order valence-electron chi connectivity index (χ1n) is 9.48. The van der Waals surface area contributed by atoms with Crippen LogP contribution in [0.2, 0.25) is 0 Å². The third-order valence-corrected chi connectivity index (χ3v) is 4.74. The topological polar surface area (TPSA) is 88.0 Å². The molecule has 1 aromatic heterocycles. The van der Waals surface area contributed by atoms with Gasteiger partial charge in [0.1, 0.15) is 0 Å². The van der Waals surface area contributed by atoms with Crippen LogP contribution in [-0.4, -0.2) is 23.1 Å². The van der Waals surface area contributed by atoms with Crippen LogP contribution >= 0.6 is 0 Å². The fourth-order valence-electron chi connectivity index (χ4n) is 3.41. The standard InChI is InChI=1S/C22H22N4O3/c1-4-25-15(3)26(14-21(27)24-18-8-6-7-16(11-18)13-23)20-12-17(9-10-19(20)25)22(28)29-5-2/h6-12H,4-5,14H2,1-3H3/p+1. The number of carbonyl (C=O) groups excluding carboxylic acids is 2. The predicted molar refractivity (Wildman–Crippen MR) is 108 cm³/mol. The van der Waals surface area contributed by atoms with Crippen molar-refractivity contribution in [3.05, 3.63) is 59.4 Å². The number of aryl methyl sites for hydroxylation is 1. The van der Waals surface area contributed by atoms with E-state index in [1.54, 1.807) is 43.3 Å². The van der Waals surface area contributed by atoms with Crippen molar-refractivity contribution in [2.75, 3.05) is 11.9 Å². The van der Waals surface area contributed by atoms with Crippen LogP contribution in [0.25, 0.3) is 11.0 Å². The Hall–Kier alpha value is -3.66. The minimum atomic E-state index is -0.388. The summed E-state index contributed by atoms with van der Waals surface area (Å²) in [6, 6.07) is 14.2. The average molecular weight is 391 g/mol. The average Bonchev–Trinajstić information content (AvgIpc) is 2.98. The third kappa shape index (κ3) is 4.11. The van der Waals surface area contributed by atoms with E-state index in [2.05, 4.69) is 16.0 Å². The van der Waals surface area contributed by atoms with Crippen LogP contribution in [0.15, 0.2) is 42.5 Å². The minimum Gasteiger partial charge on any atom is -0.462 e. The Labute approximate surface area is 169 Å². The summed E-state index contributed by atoms with van der Waals surface area (Å²) >= 11 is 0. The van der Waals surface area contributed by atoms with Crippen molar-refractivity contribution in [3.63, 3.8) is 0 Å². The summed E-state index contributed by atoms with van der Waals surface area (Å²) in [5.41, 5.74) is 3.23. The number of imidazole rings is 1. The second-order valence-corrected chi connectivity index (χ2v) is 6.54. The fraction of sp³-hybridized carbons (Fsp3) is 0.273. The Morgan fingerprint density at radius 2 is 2.00 bits per heavy atom. The summed E-state index contributed by atoms with van der Waals surface area (Å²) in [4.78, 5) is 24.8. The van der Waals surface area contributed by atoms with E-state index in [1.165, 1.54) is 0 Å². The fourth-order valence-corrected chi connectivity index (χ4v) is 3.41. The maximum atomic E-state index is 12.7. The molecular formula is C22H23N4O3+. The molecule has 7 heteroatoms. The number of benzene rings is 2. The van der Waals surface area contributed by atoms with Gasteiger partial charge in [0.05, 0.1) is 30.3 Å². The van der Waals surface area contributed by atoms with Crippen LogP contribution in [0.4, 0.5) is 5.69 Å². The highest BCUT2D eigenvalue weighted by Gasteiger charge is 2.24. The number of nitriles is 1. The van der Waals surface area contributed by atoms with Crippen molar-refractivity contribution in [1.82, 2.24) is 4.57 Å². The van der Waals surface area contributed by atoms with Gasteiger partial charge < -0.3 is 10.1 Å². The maximum absolute atomic E-state index is 12.7. The van der Waals surface area contributed by atoms with E-state index in [-0.39, 0.29) is 18.4 Å². The summed E-state index contributed by atoms with van der Waals surface area (Å²) in [6.45, 7) is 6.86. The molecule has 3 rings (SSSR count). The monoisotopic (exact) mass is 391 g/mol. The second kappa shape index (κ2) is 8.57. The van der Waals surface area contributed by atoms with Gasteiger partial charge in [0.25, 0.3) is 11.7 Å². The largest absolute Gasteiger partial charge is 0.462 e. The maximum Gasteiger partial charge on any atom is 0.338 e. The van der Waals surface area contributed by atoms with E-state index in [0.29, 0.717) is 23.4 Å². The molecule has 3 aromatic rings. The molecule has 0 aliphatic heterocycles. The zero-order valence-electron chi connectivity index (χ0n) is 16.7. The number of anilines is 1. The quantitative estimate of drug-likeness (QED) is 0.517. The third-order valence-electron chi connectivity index (χ3n) is 4.74. The van der Waals surface area contributed by atoms with Crippen LogP contribution < -0.4 is 9.88 Å². The Morgan fingerprint density at radius 3 is 2.69 bits per heavy atom. The summed E-state index contributed by atoms with van der Waals surface area (Å²) in [7, 11) is 0. The van der Waals surface area contributed by atoms with Crippen molar-refractivity contribution in [3.8, 4) is 6.07 Å². The lowest BCUT2D eigenvalue weighted by Crippen LogP contribution is -2.35. The summed E-state index contributed by atoms with van der Waals surface area (Å²) in [5.74, 6) is 0.301. The molecule has 2 aromatic carbocycles. The molecule has 1 N–H and O–H groups in total. The van der Waals surface area contributed by atoms with E-state index in [9.17, 15) is 9.59 Å². The van der Waals surface area contributed by atoms with Crippen molar-refractivity contribution in [1.29, 1.82) is 5.26 Å². The van der Waals surface area contributed by atoms with Crippen molar-refractivity contribution in [2.24, 2.45) is 0 Å². The lowest BCUT2D eigenvalue weighted by molar-refractivity contribution is -0.674. The molecule has 0 fully saturated rings. The lowest BCUT2D eigenvalue weighted by atomic mass is 10.2. The Bertz CT molecular complexity index is 1130. The summed E-state index contributed by atoms with van der Waals surface area (Å²) in [6.07, 6.45) is 0. The molecule has 0 aliphatic rings. The molecule has 148 valence electrons. The van der Waals surface area contributed by atoms with Gasteiger partial charge in [-0.1, -0.05) is 6.07 Å². The van der Waals surface area contributed by atoms with Gasteiger partial charge in [-0.25, -0.2) is 13.9 Å². The highest BCUT2D eigenvalue weighted by Crippen LogP contribution is 2.18. The number of esters is 1. The van der Waals surface area contributed by atoms with Crippen LogP contribution in [0.5, 0.6) is 0 Å². The molecule has 0 saturated carbocycles. The van der Waals surface area contributed by atoms with Gasteiger partial charge in [0.15, 0.2) is 17.6 Å². The van der Waals surface area contributed by atoms with Crippen LogP contribution in [-0.2, 0) is 22.6 Å². The molecule has 0 atom stereocenters. The number of hydrogen-bond acceptors (Lipinski definition) is 4. The Kier molecular flexibility index (Phi) is 5.93. The number of nitrogens with zero attached hydrogens (tertiary/aromatic N) is 3. The molecule has 0 unspecified atom stereocenters. The number of ether oxygens (including phenoxy) is 1. The van der Waals surface area contributed by atoms with Crippen molar-refractivity contribution in [2.45, 2.75) is 33.9 Å². The minimum absolute atomic E-state index is 0.0817. The molecule has 1 amide bonds. The van der Waals surface area contributed by atoms with Crippen LogP contribution in [0, 0.1) is 18.3 Å². The molecule has 0 bridgehead atoms. The van der Waals surface area contributed by atoms with Crippen molar-refractivity contribution >= 4 is 28.6 Å². The molecule has 1 heterocycles. The van der Waals surface area contributed by atoms with Gasteiger partial charge in [0.2, 0.25) is 0 Å². The molecular weight excluding hydrogens is 368 g/mol. The number of fused-ring (bicyclic) bond motifs is 1. The predicted octanol–water partition coefficient (Wildman–Crippen LogP) is 2.94. The number of hydrogen-bond donors (Lipinski definition) is 1. The van der Waals surface area contributed by atoms with E-state index in [4.69, 9.17) is 10.00 Å². The summed E-state index contributed by atoms with van der Waals surface area (Å²) in [5, 5.41) is 11.8. The highest BCUT2D eigenvalue weighted by atomic mass is 16.5. The van der Waals surface area contributed by atoms with Gasteiger partial charge in [-0.2, -0.15) is 5.26 Å². The summed E-state index contributed by atoms with van der Waals surface area (Å²) < 4.78 is 9.07. The molecule has 0 aliphatic carbocycles. The van der Waals surface area contributed by atoms with Gasteiger partial charge in [-0.05, 0) is 44.2 Å². The SMILES string of the molecule is CCOC(=O)c1ccc2c(c1)n(CC(=O)Nc1cccc(C#N)c1)c(C)[n+]2CC. The zero-order chi connectivity index (χ0) is 21.0. The first-order chi connectivity index (χ1) is 14.0. The molecule has 29 heavy (non-hydrogen) atoms. The number of rotatable bonds is 6. The highest BCUT2D eigenvalue weighted by molar-refractivity contribution is 5.94. The molecule has 0 saturated heterocycles. The first kappa shape index (κ1) is 20.1. The van der Waals surface area contributed by atoms with Crippen LogP contribution in [0.3, 0.4) is 0 Å². The van der Waals surface area contributed by atoms with E-state index < -0.39 is 0 Å². The van der Waals surface area contributed by atoms with E-state index in [0.717, 1.165) is 23.4 Å². The van der Waals surface area contributed by atoms with Gasteiger partial charge in [-0.15, -0.1) is 0 Å². The van der Waals surface area contributed by atoms with Gasteiger partial charge in [0, 0.05) is 18.7 Å². The Morgan fingerprint density at radius 1 is 1.21 bits per heavy atom. The number of amides is 1. The van der Waals surface area contributed by atoms with Crippen molar-refractivity contribution < 1.29 is 18.9 Å². The van der Waals surface area contributed by atoms with E-state index >= 15 is 0 Å². The Balaban J connectivity index is 1.95. The lowest BCUT2D eigenvalue weighted by Gasteiger charge is -2.05. The molecule has 0 spiro atoms. The van der Waals surface area contributed by atoms with Gasteiger partial charge in [-0.3, -0.25) is 4.79 Å². The number of aromatic nitrogens is 2. The van der Waals surface area contributed by atoms with Crippen LogP contribution in [0.1, 0.15) is 35.6 Å². The second-order valence-electron chi connectivity index (χ2n) is 6.54. The zero-order valence-corrected chi connectivity index (χ0v) is 16.7. The molecule has 0 radical (unpaired) electrons.